The average molecular weight is 537 g/mol. The van der Waals surface area contributed by atoms with Gasteiger partial charge in [-0.15, -0.1) is 0 Å². The predicted molar refractivity (Wildman–Crippen MR) is 143 cm³/mol. The lowest BCUT2D eigenvalue weighted by atomic mass is 10.0. The van der Waals surface area contributed by atoms with Gasteiger partial charge in [-0.2, -0.15) is 0 Å². The highest BCUT2D eigenvalue weighted by Crippen LogP contribution is 2.20. The van der Waals surface area contributed by atoms with Crippen molar-refractivity contribution in [2.45, 2.75) is 52.7 Å². The first-order chi connectivity index (χ1) is 16.7. The van der Waals surface area contributed by atoms with Crippen molar-refractivity contribution in [3.8, 4) is 5.75 Å². The summed E-state index contributed by atoms with van der Waals surface area (Å²) in [6, 6.07) is 22.7. The first-order valence-electron chi connectivity index (χ1n) is 11.8. The van der Waals surface area contributed by atoms with E-state index in [4.69, 9.17) is 4.74 Å². The molecule has 6 heteroatoms. The Hall–Kier alpha value is -3.12. The molecule has 0 fully saturated rings. The third-order valence-electron chi connectivity index (χ3n) is 5.50. The van der Waals surface area contributed by atoms with Crippen LogP contribution in [0.1, 0.15) is 36.1 Å². The Labute approximate surface area is 216 Å². The maximum atomic E-state index is 13.6. The molecule has 3 rings (SSSR count). The van der Waals surface area contributed by atoms with Crippen LogP contribution in [0.25, 0.3) is 0 Å². The summed E-state index contributed by atoms with van der Waals surface area (Å²) in [4.78, 5) is 28.6. The highest BCUT2D eigenvalue weighted by atomic mass is 79.9. The fourth-order valence-electron chi connectivity index (χ4n) is 4.01. The molecule has 3 aromatic rings. The van der Waals surface area contributed by atoms with Gasteiger partial charge in [0.15, 0.2) is 6.61 Å². The Kier molecular flexibility index (Phi) is 9.49. The van der Waals surface area contributed by atoms with Gasteiger partial charge in [0.05, 0.1) is 0 Å². The molecule has 0 bridgehead atoms. The normalized spacial score (nSPS) is 11.7. The molecular weight excluding hydrogens is 504 g/mol. The molecule has 0 heterocycles. The molecular formula is C29H33BrN2O3. The summed E-state index contributed by atoms with van der Waals surface area (Å²) in [5, 5.41) is 3.00. The van der Waals surface area contributed by atoms with E-state index in [1.54, 1.807) is 4.90 Å². The molecule has 2 amide bonds. The van der Waals surface area contributed by atoms with Gasteiger partial charge in [0, 0.05) is 23.5 Å². The summed E-state index contributed by atoms with van der Waals surface area (Å²) in [5.74, 6) is 0.215. The van der Waals surface area contributed by atoms with Gasteiger partial charge in [0.25, 0.3) is 5.91 Å². The Balaban J connectivity index is 1.92. The fraction of sp³-hybridized carbons (Fsp3) is 0.310. The standard InChI is InChI=1S/C29H33BrN2O3/c1-20(2)31-29(34)27(17-23-9-6-5-7-10-23)32(18-24-11-8-12-25(30)16-24)28(33)19-35-26-14-21(3)13-22(4)15-26/h5-16,20,27H,17-19H2,1-4H3,(H,31,34)/t27-/m1/s1. The Morgan fingerprint density at radius 1 is 0.914 bits per heavy atom. The lowest BCUT2D eigenvalue weighted by molar-refractivity contribution is -0.143. The van der Waals surface area contributed by atoms with Gasteiger partial charge in [-0.3, -0.25) is 9.59 Å². The first-order valence-corrected chi connectivity index (χ1v) is 12.6. The zero-order chi connectivity index (χ0) is 25.4. The Morgan fingerprint density at radius 2 is 1.57 bits per heavy atom. The average Bonchev–Trinajstić information content (AvgIpc) is 2.79. The van der Waals surface area contributed by atoms with E-state index < -0.39 is 6.04 Å². The van der Waals surface area contributed by atoms with Gasteiger partial charge < -0.3 is 15.0 Å². The quantitative estimate of drug-likeness (QED) is 0.366. The molecule has 1 N–H and O–H groups in total. The zero-order valence-electron chi connectivity index (χ0n) is 20.8. The van der Waals surface area contributed by atoms with Gasteiger partial charge in [0.1, 0.15) is 11.8 Å². The highest BCUT2D eigenvalue weighted by Gasteiger charge is 2.31. The summed E-state index contributed by atoms with van der Waals surface area (Å²) in [6.07, 6.45) is 0.405. The van der Waals surface area contributed by atoms with Crippen LogP contribution in [0, 0.1) is 13.8 Å². The minimum atomic E-state index is -0.686. The summed E-state index contributed by atoms with van der Waals surface area (Å²) < 4.78 is 6.82. The van der Waals surface area contributed by atoms with E-state index in [0.29, 0.717) is 12.2 Å². The molecule has 5 nitrogen and oxygen atoms in total. The van der Waals surface area contributed by atoms with Crippen LogP contribution in [0.2, 0.25) is 0 Å². The number of amides is 2. The first kappa shape index (κ1) is 26.5. The van der Waals surface area contributed by atoms with E-state index in [0.717, 1.165) is 26.7 Å². The molecule has 0 aliphatic heterocycles. The summed E-state index contributed by atoms with van der Waals surface area (Å²) in [5.41, 5.74) is 4.04. The van der Waals surface area contributed by atoms with Crippen molar-refractivity contribution in [3.63, 3.8) is 0 Å². The number of ether oxygens (including phenoxy) is 1. The fourth-order valence-corrected chi connectivity index (χ4v) is 4.46. The van der Waals surface area contributed by atoms with Crippen molar-refractivity contribution in [2.24, 2.45) is 0 Å². The van der Waals surface area contributed by atoms with Gasteiger partial charge >= 0.3 is 0 Å². The van der Waals surface area contributed by atoms with Crippen LogP contribution in [0.5, 0.6) is 5.75 Å². The lowest BCUT2D eigenvalue weighted by Crippen LogP contribution is -2.52. The molecule has 184 valence electrons. The van der Waals surface area contributed by atoms with Crippen molar-refractivity contribution >= 4 is 27.7 Å². The van der Waals surface area contributed by atoms with Crippen LogP contribution in [0.4, 0.5) is 0 Å². The van der Waals surface area contributed by atoms with Crippen LogP contribution in [0.15, 0.2) is 77.3 Å². The number of hydrogen-bond acceptors (Lipinski definition) is 3. The number of nitrogens with zero attached hydrogens (tertiary/aromatic N) is 1. The SMILES string of the molecule is Cc1cc(C)cc(OCC(=O)N(Cc2cccc(Br)c2)[C@H](Cc2ccccc2)C(=O)NC(C)C)c1. The molecule has 0 saturated heterocycles. The third kappa shape index (κ3) is 8.25. The van der Waals surface area contributed by atoms with E-state index in [1.165, 1.54) is 0 Å². The maximum absolute atomic E-state index is 13.6. The summed E-state index contributed by atoms with van der Waals surface area (Å²) >= 11 is 3.51. The topological polar surface area (TPSA) is 58.6 Å². The van der Waals surface area contributed by atoms with E-state index in [9.17, 15) is 9.59 Å². The van der Waals surface area contributed by atoms with Gasteiger partial charge in [-0.05, 0) is 74.2 Å². The maximum Gasteiger partial charge on any atom is 0.261 e. The van der Waals surface area contributed by atoms with Gasteiger partial charge in [0.2, 0.25) is 5.91 Å². The van der Waals surface area contributed by atoms with E-state index >= 15 is 0 Å². The number of hydrogen-bond donors (Lipinski definition) is 1. The van der Waals surface area contributed by atoms with Crippen molar-refractivity contribution < 1.29 is 14.3 Å². The number of aryl methyl sites for hydroxylation is 2. The number of rotatable bonds is 10. The molecule has 0 radical (unpaired) electrons. The van der Waals surface area contributed by atoms with Crippen LogP contribution in [-0.4, -0.2) is 35.4 Å². The van der Waals surface area contributed by atoms with Gasteiger partial charge in [-0.1, -0.05) is 64.5 Å². The van der Waals surface area contributed by atoms with Crippen LogP contribution in [0.3, 0.4) is 0 Å². The summed E-state index contributed by atoms with van der Waals surface area (Å²) in [6.45, 7) is 7.96. The molecule has 35 heavy (non-hydrogen) atoms. The lowest BCUT2D eigenvalue weighted by Gasteiger charge is -2.32. The predicted octanol–water partition coefficient (Wildman–Crippen LogP) is 5.61. The molecule has 0 aromatic heterocycles. The molecule has 0 aliphatic carbocycles. The molecule has 1 atom stereocenters. The van der Waals surface area contributed by atoms with Crippen molar-refractivity contribution in [3.05, 3.63) is 99.5 Å². The number of carbonyl (C=O) groups is 2. The number of nitrogens with one attached hydrogen (secondary N) is 1. The molecule has 0 aliphatic rings. The summed E-state index contributed by atoms with van der Waals surface area (Å²) in [7, 11) is 0. The second kappa shape index (κ2) is 12.5. The van der Waals surface area contributed by atoms with E-state index in [2.05, 4.69) is 27.3 Å². The van der Waals surface area contributed by atoms with E-state index in [1.807, 2.05) is 94.4 Å². The smallest absolute Gasteiger partial charge is 0.261 e. The molecule has 3 aromatic carbocycles. The van der Waals surface area contributed by atoms with Gasteiger partial charge in [-0.25, -0.2) is 0 Å². The minimum absolute atomic E-state index is 0.0462. The van der Waals surface area contributed by atoms with Crippen molar-refractivity contribution in [2.75, 3.05) is 6.61 Å². The second-order valence-corrected chi connectivity index (χ2v) is 10.0. The number of halogens is 1. The number of benzene rings is 3. The van der Waals surface area contributed by atoms with Crippen LogP contribution in [-0.2, 0) is 22.6 Å². The molecule has 0 spiro atoms. The van der Waals surface area contributed by atoms with Crippen molar-refractivity contribution in [1.82, 2.24) is 10.2 Å². The van der Waals surface area contributed by atoms with Crippen LogP contribution >= 0.6 is 15.9 Å². The Bertz CT molecular complexity index is 1130. The third-order valence-corrected chi connectivity index (χ3v) is 5.99. The Morgan fingerprint density at radius 3 is 2.20 bits per heavy atom. The molecule has 0 saturated carbocycles. The monoisotopic (exact) mass is 536 g/mol. The van der Waals surface area contributed by atoms with Crippen molar-refractivity contribution in [1.29, 1.82) is 0 Å². The zero-order valence-corrected chi connectivity index (χ0v) is 22.3. The number of carbonyl (C=O) groups excluding carboxylic acids is 2. The minimum Gasteiger partial charge on any atom is -0.484 e. The molecule has 0 unspecified atom stereocenters. The van der Waals surface area contributed by atoms with E-state index in [-0.39, 0.29) is 31.0 Å². The largest absolute Gasteiger partial charge is 0.484 e. The highest BCUT2D eigenvalue weighted by molar-refractivity contribution is 9.10. The second-order valence-electron chi connectivity index (χ2n) is 9.13. The van der Waals surface area contributed by atoms with Crippen LogP contribution < -0.4 is 10.1 Å².